The fourth-order valence-electron chi connectivity index (χ4n) is 0. The molecular formula is C3H7FSi. The number of hydrogen-bond donors (Lipinski definition) is 0. The first kappa shape index (κ1) is 5.15. The van der Waals surface area contributed by atoms with Gasteiger partial charge in [0.2, 0.25) is 0 Å². The van der Waals surface area contributed by atoms with Gasteiger partial charge in [0.15, 0.2) is 0 Å². The highest BCUT2D eigenvalue weighted by Gasteiger charge is 1.89. The average molecular weight is 90.2 g/mol. The molecular weight excluding hydrogens is 83.1 g/mol. The van der Waals surface area contributed by atoms with E-state index in [9.17, 15) is 4.11 Å². The van der Waals surface area contributed by atoms with Gasteiger partial charge in [-0.15, -0.1) is 0 Å². The van der Waals surface area contributed by atoms with Crippen molar-refractivity contribution in [1.29, 1.82) is 0 Å². The van der Waals surface area contributed by atoms with Crippen molar-refractivity contribution in [1.82, 2.24) is 0 Å². The van der Waals surface area contributed by atoms with Crippen molar-refractivity contribution in [3.63, 3.8) is 0 Å². The molecule has 2 heteroatoms. The summed E-state index contributed by atoms with van der Waals surface area (Å²) in [4.78, 5) is 0. The second-order valence-electron chi connectivity index (χ2n) is 1.26. The Bertz CT molecular complexity index is 20.9. The first-order valence-corrected chi connectivity index (χ1v) is 2.59. The summed E-state index contributed by atoms with van der Waals surface area (Å²) >= 11 is 0. The van der Waals surface area contributed by atoms with Gasteiger partial charge in [0.1, 0.15) is 0 Å². The molecule has 0 unspecified atom stereocenters. The van der Waals surface area contributed by atoms with Gasteiger partial charge < -0.3 is 4.11 Å². The molecule has 0 amide bonds. The van der Waals surface area contributed by atoms with E-state index in [1.165, 1.54) is 0 Å². The van der Waals surface area contributed by atoms with Crippen LogP contribution in [-0.2, 0) is 0 Å². The van der Waals surface area contributed by atoms with Crippen molar-refractivity contribution in [3.8, 4) is 0 Å². The summed E-state index contributed by atoms with van der Waals surface area (Å²) in [6.07, 6.45) is 0. The minimum absolute atomic E-state index is 0.245. The van der Waals surface area contributed by atoms with Crippen LogP contribution in [0.15, 0.2) is 0 Å². The summed E-state index contributed by atoms with van der Waals surface area (Å²) in [7, 11) is -0.386. The Morgan fingerprint density at radius 3 is 1.80 bits per heavy atom. The van der Waals surface area contributed by atoms with Gasteiger partial charge in [0, 0.05) is 0 Å². The fourth-order valence-corrected chi connectivity index (χ4v) is 0. The number of halogens is 1. The number of hydrogen-bond acceptors (Lipinski definition) is 0. The van der Waals surface area contributed by atoms with E-state index in [4.69, 9.17) is 0 Å². The molecule has 0 bridgehead atoms. The zero-order valence-electron chi connectivity index (χ0n) is 3.46. The Labute approximate surface area is 34.4 Å². The molecule has 30 valence electrons. The molecule has 0 aromatic carbocycles. The minimum atomic E-state index is -0.386. The fraction of sp³-hybridized carbons (Fsp3) is 1.00. The van der Waals surface area contributed by atoms with Gasteiger partial charge in [-0.3, -0.25) is 0 Å². The van der Waals surface area contributed by atoms with Crippen LogP contribution in [0.4, 0.5) is 4.11 Å². The first-order valence-electron chi connectivity index (χ1n) is 1.63. The van der Waals surface area contributed by atoms with Crippen LogP contribution in [0.2, 0.25) is 5.54 Å². The first-order chi connectivity index (χ1) is 2.27. The zero-order valence-corrected chi connectivity index (χ0v) is 4.46. The van der Waals surface area contributed by atoms with Gasteiger partial charge in [-0.2, -0.15) is 0 Å². The Morgan fingerprint density at radius 1 is 1.60 bits per heavy atom. The molecule has 0 rings (SSSR count). The van der Waals surface area contributed by atoms with E-state index in [2.05, 4.69) is 0 Å². The van der Waals surface area contributed by atoms with E-state index < -0.39 is 0 Å². The van der Waals surface area contributed by atoms with Crippen LogP contribution < -0.4 is 0 Å². The Morgan fingerprint density at radius 2 is 1.80 bits per heavy atom. The quantitative estimate of drug-likeness (QED) is 0.337. The van der Waals surface area contributed by atoms with E-state index in [0.717, 1.165) is 0 Å². The van der Waals surface area contributed by atoms with Crippen molar-refractivity contribution in [3.05, 3.63) is 0 Å². The summed E-state index contributed by atoms with van der Waals surface area (Å²) < 4.78 is 11.1. The van der Waals surface area contributed by atoms with E-state index in [1.54, 1.807) is 0 Å². The second kappa shape index (κ2) is 2.39. The van der Waals surface area contributed by atoms with E-state index >= 15 is 0 Å². The van der Waals surface area contributed by atoms with Crippen LogP contribution in [0.1, 0.15) is 13.8 Å². The van der Waals surface area contributed by atoms with Crippen molar-refractivity contribution < 1.29 is 4.11 Å². The largest absolute Gasteiger partial charge is 0.315 e. The van der Waals surface area contributed by atoms with Crippen LogP contribution in [0.5, 0.6) is 0 Å². The highest BCUT2D eigenvalue weighted by Crippen LogP contribution is 1.94. The van der Waals surface area contributed by atoms with Crippen molar-refractivity contribution in [2.45, 2.75) is 19.4 Å². The van der Waals surface area contributed by atoms with Gasteiger partial charge in [-0.1, -0.05) is 13.8 Å². The van der Waals surface area contributed by atoms with Crippen molar-refractivity contribution in [2.75, 3.05) is 0 Å². The lowest BCUT2D eigenvalue weighted by atomic mass is 10.6. The molecule has 0 aliphatic rings. The predicted molar refractivity (Wildman–Crippen MR) is 22.0 cm³/mol. The molecule has 0 saturated heterocycles. The zero-order chi connectivity index (χ0) is 4.28. The normalized spacial score (nSPS) is 9.60. The lowest BCUT2D eigenvalue weighted by Gasteiger charge is -1.83. The van der Waals surface area contributed by atoms with E-state index in [0.29, 0.717) is 0 Å². The molecule has 0 aliphatic carbocycles. The van der Waals surface area contributed by atoms with Crippen LogP contribution in [-0.4, -0.2) is 9.85 Å². The molecule has 0 heterocycles. The van der Waals surface area contributed by atoms with Gasteiger partial charge in [-0.25, -0.2) is 0 Å². The third-order valence-corrected chi connectivity index (χ3v) is 0.655. The maximum absolute atomic E-state index is 11.1. The molecule has 0 fully saturated rings. The van der Waals surface area contributed by atoms with Crippen molar-refractivity contribution >= 4 is 9.85 Å². The molecule has 0 aromatic heterocycles. The number of rotatable bonds is 1. The lowest BCUT2D eigenvalue weighted by molar-refractivity contribution is 0.820. The molecule has 0 spiro atoms. The highest BCUT2D eigenvalue weighted by atomic mass is 28.3. The monoisotopic (exact) mass is 90.0 g/mol. The lowest BCUT2D eigenvalue weighted by Crippen LogP contribution is -1.82. The average Bonchev–Trinajstić information content (AvgIpc) is 1.38. The molecule has 0 nitrogen and oxygen atoms in total. The molecule has 0 aliphatic heterocycles. The minimum Gasteiger partial charge on any atom is -0.315 e. The summed E-state index contributed by atoms with van der Waals surface area (Å²) in [5.74, 6) is 0. The van der Waals surface area contributed by atoms with Gasteiger partial charge >= 0.3 is 0 Å². The second-order valence-corrected chi connectivity index (χ2v) is 2.64. The standard InChI is InChI=1S/C3H7FSi/c1-3(2)5-4/h3H,1-2H3. The maximum atomic E-state index is 11.1. The van der Waals surface area contributed by atoms with Gasteiger partial charge in [-0.05, 0) is 5.54 Å². The van der Waals surface area contributed by atoms with Crippen LogP contribution in [0.3, 0.4) is 0 Å². The maximum Gasteiger partial charge on any atom is 0.297 e. The Hall–Kier alpha value is 0.147. The Kier molecular flexibility index (Phi) is 2.46. The predicted octanol–water partition coefficient (Wildman–Crippen LogP) is 1.40. The summed E-state index contributed by atoms with van der Waals surface area (Å²) in [6.45, 7) is 3.72. The van der Waals surface area contributed by atoms with E-state index in [1.807, 2.05) is 13.8 Å². The molecule has 0 atom stereocenters. The van der Waals surface area contributed by atoms with E-state index in [-0.39, 0.29) is 15.4 Å². The van der Waals surface area contributed by atoms with Gasteiger partial charge in [0.05, 0.1) is 0 Å². The molecule has 0 N–H and O–H groups in total. The van der Waals surface area contributed by atoms with Crippen LogP contribution in [0.25, 0.3) is 0 Å². The van der Waals surface area contributed by atoms with Gasteiger partial charge in [0.25, 0.3) is 9.85 Å². The molecule has 5 heavy (non-hydrogen) atoms. The van der Waals surface area contributed by atoms with Crippen LogP contribution >= 0.6 is 0 Å². The SMILES string of the molecule is CC(C)[Si]F. The van der Waals surface area contributed by atoms with Crippen LogP contribution in [0, 0.1) is 0 Å². The third kappa shape index (κ3) is 4.15. The summed E-state index contributed by atoms with van der Waals surface area (Å²) in [5.41, 5.74) is 0.245. The summed E-state index contributed by atoms with van der Waals surface area (Å²) in [6, 6.07) is 0. The topological polar surface area (TPSA) is 0 Å². The Balaban J connectivity index is 2.54. The molecule has 0 aromatic rings. The molecule has 0 saturated carbocycles. The highest BCUT2D eigenvalue weighted by molar-refractivity contribution is 6.28. The third-order valence-electron chi connectivity index (χ3n) is 0.218. The smallest absolute Gasteiger partial charge is 0.297 e. The molecule has 2 radical (unpaired) electrons. The van der Waals surface area contributed by atoms with Crippen molar-refractivity contribution in [2.24, 2.45) is 0 Å². The summed E-state index contributed by atoms with van der Waals surface area (Å²) in [5, 5.41) is 0.